The average molecular weight is 299 g/mol. The van der Waals surface area contributed by atoms with Crippen molar-refractivity contribution in [2.75, 3.05) is 39.3 Å². The molecular weight excluding hydrogens is 266 g/mol. The summed E-state index contributed by atoms with van der Waals surface area (Å²) in [5.41, 5.74) is 5.18. The summed E-state index contributed by atoms with van der Waals surface area (Å²) >= 11 is 0. The van der Waals surface area contributed by atoms with Gasteiger partial charge in [-0.3, -0.25) is 9.69 Å². The second kappa shape index (κ2) is 8.71. The van der Waals surface area contributed by atoms with E-state index in [2.05, 4.69) is 23.6 Å². The number of carbonyl (C=O) groups is 1. The molecule has 0 saturated carbocycles. The van der Waals surface area contributed by atoms with Gasteiger partial charge < -0.3 is 15.4 Å². The molecule has 5 nitrogen and oxygen atoms in total. The van der Waals surface area contributed by atoms with Crippen molar-refractivity contribution >= 4 is 5.97 Å². The molecule has 5 heteroatoms. The lowest BCUT2D eigenvalue weighted by Gasteiger charge is -2.37. The van der Waals surface area contributed by atoms with Crippen molar-refractivity contribution in [1.82, 2.24) is 9.80 Å². The van der Waals surface area contributed by atoms with Gasteiger partial charge in [-0.05, 0) is 53.5 Å². The van der Waals surface area contributed by atoms with E-state index in [0.29, 0.717) is 19.1 Å². The van der Waals surface area contributed by atoms with Crippen molar-refractivity contribution in [3.63, 3.8) is 0 Å². The van der Waals surface area contributed by atoms with Gasteiger partial charge in [-0.15, -0.1) is 0 Å². The Morgan fingerprint density at radius 1 is 1.24 bits per heavy atom. The van der Waals surface area contributed by atoms with Crippen LogP contribution in [0.5, 0.6) is 0 Å². The van der Waals surface area contributed by atoms with E-state index < -0.39 is 5.54 Å². The van der Waals surface area contributed by atoms with Crippen LogP contribution < -0.4 is 5.73 Å². The first-order valence-electron chi connectivity index (χ1n) is 8.29. The molecule has 1 fully saturated rings. The van der Waals surface area contributed by atoms with Crippen LogP contribution >= 0.6 is 0 Å². The summed E-state index contributed by atoms with van der Waals surface area (Å²) in [7, 11) is 0. The van der Waals surface area contributed by atoms with Gasteiger partial charge in [0.2, 0.25) is 0 Å². The monoisotopic (exact) mass is 299 g/mol. The summed E-state index contributed by atoms with van der Waals surface area (Å²) in [4.78, 5) is 16.7. The summed E-state index contributed by atoms with van der Waals surface area (Å²) in [6, 6.07) is 0.648. The molecule has 0 spiro atoms. The number of rotatable bonds is 8. The lowest BCUT2D eigenvalue weighted by molar-refractivity contribution is -0.149. The van der Waals surface area contributed by atoms with E-state index >= 15 is 0 Å². The van der Waals surface area contributed by atoms with Crippen molar-refractivity contribution in [3.05, 3.63) is 0 Å². The summed E-state index contributed by atoms with van der Waals surface area (Å²) in [5, 5.41) is 0. The molecule has 0 aliphatic carbocycles. The van der Waals surface area contributed by atoms with Crippen LogP contribution in [0.15, 0.2) is 0 Å². The Hall–Kier alpha value is -0.650. The highest BCUT2D eigenvalue weighted by Gasteiger charge is 2.29. The average Bonchev–Trinajstić information content (AvgIpc) is 2.44. The number of nitrogens with zero attached hydrogens (tertiary/aromatic N) is 2. The second-order valence-corrected chi connectivity index (χ2v) is 6.57. The van der Waals surface area contributed by atoms with Gasteiger partial charge in [-0.2, -0.15) is 0 Å². The minimum Gasteiger partial charge on any atom is -0.465 e. The molecule has 0 radical (unpaired) electrons. The fourth-order valence-electron chi connectivity index (χ4n) is 2.73. The first-order chi connectivity index (χ1) is 9.86. The number of hydrogen-bond donors (Lipinski definition) is 1. The van der Waals surface area contributed by atoms with Gasteiger partial charge in [0.25, 0.3) is 0 Å². The molecule has 1 aliphatic rings. The highest BCUT2D eigenvalue weighted by molar-refractivity contribution is 5.79. The third kappa shape index (κ3) is 6.32. The molecule has 1 unspecified atom stereocenters. The molecule has 1 aliphatic heterocycles. The van der Waals surface area contributed by atoms with Crippen molar-refractivity contribution in [2.24, 2.45) is 5.73 Å². The Morgan fingerprint density at radius 3 is 2.38 bits per heavy atom. The summed E-state index contributed by atoms with van der Waals surface area (Å²) in [6.45, 7) is 14.2. The molecule has 2 N–H and O–H groups in total. The maximum absolute atomic E-state index is 11.7. The fourth-order valence-corrected chi connectivity index (χ4v) is 2.73. The van der Waals surface area contributed by atoms with Gasteiger partial charge >= 0.3 is 5.97 Å². The Morgan fingerprint density at radius 2 is 1.86 bits per heavy atom. The number of ether oxygens (including phenoxy) is 1. The second-order valence-electron chi connectivity index (χ2n) is 6.57. The zero-order chi connectivity index (χ0) is 15.9. The highest BCUT2D eigenvalue weighted by atomic mass is 16.5. The Labute approximate surface area is 129 Å². The molecule has 21 heavy (non-hydrogen) atoms. The molecule has 1 atom stereocenters. The Bertz CT molecular complexity index is 311. The number of nitrogens with two attached hydrogens (primary N) is 1. The Balaban J connectivity index is 2.16. The van der Waals surface area contributed by atoms with Crippen LogP contribution in [0, 0.1) is 0 Å². The summed E-state index contributed by atoms with van der Waals surface area (Å²) in [5.74, 6) is -0.282. The van der Waals surface area contributed by atoms with Gasteiger partial charge in [0.15, 0.2) is 0 Å². The van der Waals surface area contributed by atoms with E-state index in [1.54, 1.807) is 6.92 Å². The Kier molecular flexibility index (Phi) is 7.63. The smallest absolute Gasteiger partial charge is 0.325 e. The number of piperazine rings is 1. The van der Waals surface area contributed by atoms with Gasteiger partial charge in [-0.25, -0.2) is 0 Å². The third-order valence-electron chi connectivity index (χ3n) is 4.30. The fraction of sp³-hybridized carbons (Fsp3) is 0.938. The number of unbranched alkanes of at least 4 members (excludes halogenated alkanes) is 1. The van der Waals surface area contributed by atoms with Crippen molar-refractivity contribution in [3.8, 4) is 0 Å². The molecule has 0 aromatic rings. The van der Waals surface area contributed by atoms with Crippen LogP contribution in [0.25, 0.3) is 0 Å². The van der Waals surface area contributed by atoms with E-state index in [4.69, 9.17) is 10.5 Å². The van der Waals surface area contributed by atoms with E-state index in [-0.39, 0.29) is 5.97 Å². The van der Waals surface area contributed by atoms with E-state index in [1.165, 1.54) is 0 Å². The van der Waals surface area contributed by atoms with Crippen LogP contribution in [0.2, 0.25) is 0 Å². The summed E-state index contributed by atoms with van der Waals surface area (Å²) in [6.07, 6.45) is 2.75. The van der Waals surface area contributed by atoms with Crippen LogP contribution in [-0.2, 0) is 9.53 Å². The number of esters is 1. The normalized spacial score (nSPS) is 20.5. The van der Waals surface area contributed by atoms with E-state index in [9.17, 15) is 4.79 Å². The molecule has 0 aromatic carbocycles. The minimum absolute atomic E-state index is 0.282. The number of hydrogen-bond acceptors (Lipinski definition) is 5. The molecule has 1 saturated heterocycles. The molecular formula is C16H33N3O2. The van der Waals surface area contributed by atoms with Crippen LogP contribution in [0.1, 0.15) is 47.0 Å². The SMILES string of the molecule is CCOC(=O)C(C)(N)CCCCN1CCN(C(C)C)CC1. The first kappa shape index (κ1) is 18.4. The van der Waals surface area contributed by atoms with E-state index in [1.807, 2.05) is 6.92 Å². The first-order valence-corrected chi connectivity index (χ1v) is 8.29. The quantitative estimate of drug-likeness (QED) is 0.543. The van der Waals surface area contributed by atoms with Crippen LogP contribution in [0.4, 0.5) is 0 Å². The zero-order valence-corrected chi connectivity index (χ0v) is 14.2. The van der Waals surface area contributed by atoms with Crippen molar-refractivity contribution < 1.29 is 9.53 Å². The van der Waals surface area contributed by atoms with Crippen molar-refractivity contribution in [1.29, 1.82) is 0 Å². The predicted molar refractivity (Wildman–Crippen MR) is 86.2 cm³/mol. The maximum Gasteiger partial charge on any atom is 0.325 e. The van der Waals surface area contributed by atoms with Gasteiger partial charge in [0, 0.05) is 32.2 Å². The third-order valence-corrected chi connectivity index (χ3v) is 4.30. The van der Waals surface area contributed by atoms with Crippen LogP contribution in [-0.4, -0.2) is 66.7 Å². The molecule has 1 rings (SSSR count). The molecule has 0 amide bonds. The van der Waals surface area contributed by atoms with E-state index in [0.717, 1.165) is 45.6 Å². The molecule has 1 heterocycles. The predicted octanol–water partition coefficient (Wildman–Crippen LogP) is 1.46. The standard InChI is InChI=1S/C16H33N3O2/c1-5-21-15(20)16(4,17)8-6-7-9-18-10-12-19(13-11-18)14(2)3/h14H,5-13,17H2,1-4H3. The van der Waals surface area contributed by atoms with Gasteiger partial charge in [0.05, 0.1) is 6.61 Å². The molecule has 0 aromatic heterocycles. The zero-order valence-electron chi connectivity index (χ0n) is 14.2. The largest absolute Gasteiger partial charge is 0.465 e. The van der Waals surface area contributed by atoms with Crippen molar-refractivity contribution in [2.45, 2.75) is 58.5 Å². The highest BCUT2D eigenvalue weighted by Crippen LogP contribution is 2.14. The topological polar surface area (TPSA) is 58.8 Å². The van der Waals surface area contributed by atoms with Gasteiger partial charge in [0.1, 0.15) is 5.54 Å². The number of carbonyl (C=O) groups excluding carboxylic acids is 1. The molecule has 0 bridgehead atoms. The lowest BCUT2D eigenvalue weighted by atomic mass is 9.96. The maximum atomic E-state index is 11.7. The summed E-state index contributed by atoms with van der Waals surface area (Å²) < 4.78 is 5.01. The minimum atomic E-state index is -0.841. The van der Waals surface area contributed by atoms with Crippen LogP contribution in [0.3, 0.4) is 0 Å². The molecule has 124 valence electrons. The lowest BCUT2D eigenvalue weighted by Crippen LogP contribution is -2.49. The van der Waals surface area contributed by atoms with Gasteiger partial charge in [-0.1, -0.05) is 0 Å².